The molecule has 0 amide bonds. The minimum Gasteiger partial charge on any atom is -0.370 e. The van der Waals surface area contributed by atoms with E-state index in [4.69, 9.17) is 4.74 Å². The maximum atomic E-state index is 5.69. The molecule has 1 unspecified atom stereocenters. The number of ether oxygens (including phenoxy) is 1. The molecule has 0 aliphatic carbocycles. The van der Waals surface area contributed by atoms with E-state index in [1.165, 1.54) is 6.42 Å². The van der Waals surface area contributed by atoms with Crippen molar-refractivity contribution in [2.45, 2.75) is 25.4 Å². The van der Waals surface area contributed by atoms with E-state index in [0.29, 0.717) is 0 Å². The van der Waals surface area contributed by atoms with E-state index in [-0.39, 0.29) is 6.10 Å². The van der Waals surface area contributed by atoms with Crippen LogP contribution < -0.4 is 0 Å². The van der Waals surface area contributed by atoms with Gasteiger partial charge in [-0.3, -0.25) is 0 Å². The van der Waals surface area contributed by atoms with Gasteiger partial charge >= 0.3 is 0 Å². The second-order valence-electron chi connectivity index (χ2n) is 4.00. The molecule has 3 rings (SSSR count). The first kappa shape index (κ1) is 10.2. The Balaban J connectivity index is 1.97. The lowest BCUT2D eigenvalue weighted by atomic mass is 10.1. The summed E-state index contributed by atoms with van der Waals surface area (Å²) in [4.78, 5) is 12.0. The summed E-state index contributed by atoms with van der Waals surface area (Å²) >= 11 is 3.40. The van der Waals surface area contributed by atoms with Crippen LogP contribution in [0.3, 0.4) is 0 Å². The van der Waals surface area contributed by atoms with Crippen LogP contribution in [0.2, 0.25) is 0 Å². The molecule has 0 saturated carbocycles. The lowest BCUT2D eigenvalue weighted by molar-refractivity contribution is 0.0101. The number of fused-ring (bicyclic) bond motifs is 1. The standard InChI is InChI=1S/C11H12BrN3O/c12-7-5-8-10(13-6-7)15-11(14-8)9-3-1-2-4-16-9/h5-6,9H,1-4H2,(H,13,14,15). The summed E-state index contributed by atoms with van der Waals surface area (Å²) in [6, 6.07) is 1.99. The van der Waals surface area contributed by atoms with E-state index in [0.717, 1.165) is 40.9 Å². The van der Waals surface area contributed by atoms with E-state index in [1.54, 1.807) is 6.20 Å². The zero-order valence-corrected chi connectivity index (χ0v) is 10.3. The predicted octanol–water partition coefficient (Wildman–Crippen LogP) is 2.96. The number of hydrogen-bond donors (Lipinski definition) is 1. The smallest absolute Gasteiger partial charge is 0.177 e. The Hall–Kier alpha value is -0.940. The molecule has 84 valence electrons. The molecule has 5 heteroatoms. The number of halogens is 1. The van der Waals surface area contributed by atoms with Crippen molar-refractivity contribution in [1.29, 1.82) is 0 Å². The van der Waals surface area contributed by atoms with Crippen molar-refractivity contribution in [3.8, 4) is 0 Å². The third kappa shape index (κ3) is 1.85. The quantitative estimate of drug-likeness (QED) is 0.874. The van der Waals surface area contributed by atoms with Gasteiger partial charge in [0.05, 0.1) is 5.52 Å². The van der Waals surface area contributed by atoms with Crippen molar-refractivity contribution < 1.29 is 4.74 Å². The van der Waals surface area contributed by atoms with Gasteiger partial charge in [-0.2, -0.15) is 0 Å². The molecule has 4 nitrogen and oxygen atoms in total. The van der Waals surface area contributed by atoms with E-state index in [2.05, 4.69) is 30.9 Å². The molecular formula is C11H12BrN3O. The van der Waals surface area contributed by atoms with Gasteiger partial charge in [0.1, 0.15) is 11.9 Å². The normalized spacial score (nSPS) is 21.4. The van der Waals surface area contributed by atoms with Crippen molar-refractivity contribution in [2.24, 2.45) is 0 Å². The average Bonchev–Trinajstić information content (AvgIpc) is 2.73. The number of rotatable bonds is 1. The maximum Gasteiger partial charge on any atom is 0.177 e. The molecule has 2 aromatic rings. The summed E-state index contributed by atoms with van der Waals surface area (Å²) in [5.41, 5.74) is 1.71. The number of nitrogens with one attached hydrogen (secondary N) is 1. The van der Waals surface area contributed by atoms with Crippen molar-refractivity contribution in [3.05, 3.63) is 22.6 Å². The molecule has 1 saturated heterocycles. The van der Waals surface area contributed by atoms with Crippen LogP contribution in [0, 0.1) is 0 Å². The highest BCUT2D eigenvalue weighted by Gasteiger charge is 2.19. The largest absolute Gasteiger partial charge is 0.370 e. The van der Waals surface area contributed by atoms with Crippen LogP contribution in [0.5, 0.6) is 0 Å². The van der Waals surface area contributed by atoms with Crippen LogP contribution in [0.1, 0.15) is 31.2 Å². The summed E-state index contributed by atoms with van der Waals surface area (Å²) in [6.07, 6.45) is 5.27. The minimum atomic E-state index is 0.113. The summed E-state index contributed by atoms with van der Waals surface area (Å²) in [5.74, 6) is 0.903. The molecule has 0 spiro atoms. The number of imidazole rings is 1. The highest BCUT2D eigenvalue weighted by atomic mass is 79.9. The maximum absolute atomic E-state index is 5.69. The van der Waals surface area contributed by atoms with Crippen LogP contribution in [0.4, 0.5) is 0 Å². The molecule has 1 fully saturated rings. The fourth-order valence-corrected chi connectivity index (χ4v) is 2.33. The monoisotopic (exact) mass is 281 g/mol. The molecule has 1 N–H and O–H groups in total. The topological polar surface area (TPSA) is 50.8 Å². The summed E-state index contributed by atoms with van der Waals surface area (Å²) in [6.45, 7) is 0.832. The Kier molecular flexibility index (Phi) is 2.65. The van der Waals surface area contributed by atoms with E-state index in [9.17, 15) is 0 Å². The number of nitrogens with zero attached hydrogens (tertiary/aromatic N) is 2. The lowest BCUT2D eigenvalue weighted by Crippen LogP contribution is -2.12. The van der Waals surface area contributed by atoms with Gasteiger partial charge < -0.3 is 9.72 Å². The first-order chi connectivity index (χ1) is 7.83. The molecule has 1 atom stereocenters. The Morgan fingerprint density at radius 3 is 3.19 bits per heavy atom. The predicted molar refractivity (Wildman–Crippen MR) is 64.1 cm³/mol. The van der Waals surface area contributed by atoms with Gasteiger partial charge in [-0.1, -0.05) is 0 Å². The Labute approximate surface area is 102 Å². The fourth-order valence-electron chi connectivity index (χ4n) is 2.00. The van der Waals surface area contributed by atoms with E-state index < -0.39 is 0 Å². The number of hydrogen-bond acceptors (Lipinski definition) is 3. The van der Waals surface area contributed by atoms with Gasteiger partial charge in [0.25, 0.3) is 0 Å². The Morgan fingerprint density at radius 1 is 1.44 bits per heavy atom. The zero-order valence-electron chi connectivity index (χ0n) is 8.74. The Bertz CT molecular complexity index is 505. The summed E-state index contributed by atoms with van der Waals surface area (Å²) in [7, 11) is 0. The summed E-state index contributed by atoms with van der Waals surface area (Å²) < 4.78 is 6.65. The molecule has 0 aromatic carbocycles. The van der Waals surface area contributed by atoms with Crippen LogP contribution in [0.15, 0.2) is 16.7 Å². The number of pyridine rings is 1. The first-order valence-corrected chi connectivity index (χ1v) is 6.25. The number of H-pyrrole nitrogens is 1. The van der Waals surface area contributed by atoms with E-state index in [1.807, 2.05) is 6.07 Å². The highest BCUT2D eigenvalue weighted by Crippen LogP contribution is 2.27. The first-order valence-electron chi connectivity index (χ1n) is 5.46. The second-order valence-corrected chi connectivity index (χ2v) is 4.92. The van der Waals surface area contributed by atoms with Crippen LogP contribution in [-0.2, 0) is 4.74 Å². The molecule has 0 radical (unpaired) electrons. The fraction of sp³-hybridized carbons (Fsp3) is 0.455. The molecule has 1 aliphatic heterocycles. The summed E-state index contributed by atoms with van der Waals surface area (Å²) in [5, 5.41) is 0. The zero-order chi connectivity index (χ0) is 11.0. The SMILES string of the molecule is Brc1cnc2nc(C3CCCCO3)[nH]c2c1. The van der Waals surface area contributed by atoms with Gasteiger partial charge in [0, 0.05) is 17.3 Å². The number of aromatic nitrogens is 3. The van der Waals surface area contributed by atoms with Crippen LogP contribution in [-0.4, -0.2) is 21.6 Å². The van der Waals surface area contributed by atoms with Crippen LogP contribution in [0.25, 0.3) is 11.2 Å². The Morgan fingerprint density at radius 2 is 2.38 bits per heavy atom. The van der Waals surface area contributed by atoms with Gasteiger partial charge in [-0.05, 0) is 41.3 Å². The van der Waals surface area contributed by atoms with Crippen LogP contribution >= 0.6 is 15.9 Å². The van der Waals surface area contributed by atoms with E-state index >= 15 is 0 Å². The molecule has 0 bridgehead atoms. The average molecular weight is 282 g/mol. The van der Waals surface area contributed by atoms with Crippen molar-refractivity contribution in [2.75, 3.05) is 6.61 Å². The van der Waals surface area contributed by atoms with Gasteiger partial charge in [0.15, 0.2) is 5.65 Å². The highest BCUT2D eigenvalue weighted by molar-refractivity contribution is 9.10. The third-order valence-corrected chi connectivity index (χ3v) is 3.24. The number of aromatic amines is 1. The van der Waals surface area contributed by atoms with Gasteiger partial charge in [0.2, 0.25) is 0 Å². The van der Waals surface area contributed by atoms with Crippen molar-refractivity contribution >= 4 is 27.1 Å². The van der Waals surface area contributed by atoms with Crippen molar-refractivity contribution in [1.82, 2.24) is 15.0 Å². The van der Waals surface area contributed by atoms with Crippen molar-refractivity contribution in [3.63, 3.8) is 0 Å². The molecule has 16 heavy (non-hydrogen) atoms. The minimum absolute atomic E-state index is 0.113. The molecule has 1 aliphatic rings. The third-order valence-electron chi connectivity index (χ3n) is 2.81. The molecule has 2 aromatic heterocycles. The van der Waals surface area contributed by atoms with Gasteiger partial charge in [-0.25, -0.2) is 9.97 Å². The molecular weight excluding hydrogens is 270 g/mol. The second kappa shape index (κ2) is 4.14. The molecule has 3 heterocycles. The lowest BCUT2D eigenvalue weighted by Gasteiger charge is -2.20. The van der Waals surface area contributed by atoms with Gasteiger partial charge in [-0.15, -0.1) is 0 Å².